The predicted molar refractivity (Wildman–Crippen MR) is 112 cm³/mol. The SMILES string of the molecule is Cc1cccc(CS(=O)(=O)Nc2ccc3c(c2)N(C(=O)C2CCCC2)CC3)c1. The summed E-state index contributed by atoms with van der Waals surface area (Å²) in [6, 6.07) is 13.0. The second-order valence-electron chi connectivity index (χ2n) is 7.91. The average Bonchev–Trinajstić information content (AvgIpc) is 3.30. The average molecular weight is 399 g/mol. The lowest BCUT2D eigenvalue weighted by molar-refractivity contribution is -0.122. The van der Waals surface area contributed by atoms with E-state index in [4.69, 9.17) is 0 Å². The monoisotopic (exact) mass is 398 g/mol. The summed E-state index contributed by atoms with van der Waals surface area (Å²) in [6.45, 7) is 2.63. The first-order chi connectivity index (χ1) is 13.4. The van der Waals surface area contributed by atoms with E-state index in [1.807, 2.05) is 48.2 Å². The number of nitrogens with one attached hydrogen (secondary N) is 1. The minimum Gasteiger partial charge on any atom is -0.312 e. The zero-order chi connectivity index (χ0) is 19.7. The molecule has 0 atom stereocenters. The second kappa shape index (κ2) is 7.59. The molecule has 1 amide bonds. The number of benzene rings is 2. The highest BCUT2D eigenvalue weighted by molar-refractivity contribution is 7.91. The molecule has 1 fully saturated rings. The van der Waals surface area contributed by atoms with E-state index in [9.17, 15) is 13.2 Å². The lowest BCUT2D eigenvalue weighted by Crippen LogP contribution is -2.33. The van der Waals surface area contributed by atoms with Crippen molar-refractivity contribution < 1.29 is 13.2 Å². The van der Waals surface area contributed by atoms with Crippen LogP contribution in [0.1, 0.15) is 42.4 Å². The van der Waals surface area contributed by atoms with Crippen LogP contribution in [-0.2, 0) is 27.0 Å². The van der Waals surface area contributed by atoms with Gasteiger partial charge in [0.2, 0.25) is 15.9 Å². The smallest absolute Gasteiger partial charge is 0.236 e. The van der Waals surface area contributed by atoms with Gasteiger partial charge in [-0.05, 0) is 49.4 Å². The zero-order valence-corrected chi connectivity index (χ0v) is 17.0. The van der Waals surface area contributed by atoms with Crippen molar-refractivity contribution in [2.24, 2.45) is 5.92 Å². The molecule has 2 aromatic rings. The van der Waals surface area contributed by atoms with Gasteiger partial charge < -0.3 is 4.90 Å². The van der Waals surface area contributed by atoms with E-state index in [1.54, 1.807) is 6.07 Å². The Bertz CT molecular complexity index is 995. The minimum absolute atomic E-state index is 0.0729. The van der Waals surface area contributed by atoms with Gasteiger partial charge in [-0.2, -0.15) is 0 Å². The zero-order valence-electron chi connectivity index (χ0n) is 16.1. The van der Waals surface area contributed by atoms with Crippen LogP contribution in [0.4, 0.5) is 11.4 Å². The van der Waals surface area contributed by atoms with Gasteiger partial charge in [0.1, 0.15) is 0 Å². The topological polar surface area (TPSA) is 66.5 Å². The molecule has 0 aromatic heterocycles. The number of amides is 1. The maximum atomic E-state index is 12.9. The summed E-state index contributed by atoms with van der Waals surface area (Å²) in [5.41, 5.74) is 4.26. The van der Waals surface area contributed by atoms with E-state index >= 15 is 0 Å². The molecule has 1 N–H and O–H groups in total. The summed E-state index contributed by atoms with van der Waals surface area (Å²) in [6.07, 6.45) is 5.00. The van der Waals surface area contributed by atoms with Gasteiger partial charge >= 0.3 is 0 Å². The van der Waals surface area contributed by atoms with Crippen molar-refractivity contribution in [1.29, 1.82) is 0 Å². The van der Waals surface area contributed by atoms with Crippen molar-refractivity contribution in [2.75, 3.05) is 16.2 Å². The molecule has 0 spiro atoms. The van der Waals surface area contributed by atoms with Crippen LogP contribution in [0.3, 0.4) is 0 Å². The van der Waals surface area contributed by atoms with Gasteiger partial charge in [-0.1, -0.05) is 48.7 Å². The maximum Gasteiger partial charge on any atom is 0.236 e. The summed E-state index contributed by atoms with van der Waals surface area (Å²) >= 11 is 0. The van der Waals surface area contributed by atoms with Crippen molar-refractivity contribution in [1.82, 2.24) is 0 Å². The molecule has 1 aliphatic heterocycles. The lowest BCUT2D eigenvalue weighted by atomic mass is 10.1. The predicted octanol–water partition coefficient (Wildman–Crippen LogP) is 4.02. The number of carbonyl (C=O) groups is 1. The summed E-state index contributed by atoms with van der Waals surface area (Å²) < 4.78 is 27.9. The number of fused-ring (bicyclic) bond motifs is 1. The molecule has 148 valence electrons. The fourth-order valence-electron chi connectivity index (χ4n) is 4.30. The Labute approximate surface area is 166 Å². The van der Waals surface area contributed by atoms with Gasteiger partial charge in [0.15, 0.2) is 0 Å². The van der Waals surface area contributed by atoms with Gasteiger partial charge in [-0.25, -0.2) is 8.42 Å². The van der Waals surface area contributed by atoms with E-state index in [1.165, 1.54) is 0 Å². The van der Waals surface area contributed by atoms with Crippen LogP contribution in [-0.4, -0.2) is 20.9 Å². The molecule has 1 aliphatic carbocycles. The Kier molecular flexibility index (Phi) is 5.15. The third-order valence-corrected chi connectivity index (χ3v) is 6.92. The molecule has 0 saturated heterocycles. The number of sulfonamides is 1. The summed E-state index contributed by atoms with van der Waals surface area (Å²) in [7, 11) is -3.53. The Balaban J connectivity index is 1.52. The molecular weight excluding hydrogens is 372 g/mol. The molecule has 1 heterocycles. The number of hydrogen-bond donors (Lipinski definition) is 1. The van der Waals surface area contributed by atoms with Crippen LogP contribution in [0.25, 0.3) is 0 Å². The number of aryl methyl sites for hydroxylation is 1. The number of anilines is 2. The highest BCUT2D eigenvalue weighted by atomic mass is 32.2. The fourth-order valence-corrected chi connectivity index (χ4v) is 5.48. The van der Waals surface area contributed by atoms with Gasteiger partial charge in [0.05, 0.1) is 11.4 Å². The molecule has 0 bridgehead atoms. The number of hydrogen-bond acceptors (Lipinski definition) is 3. The van der Waals surface area contributed by atoms with E-state index in [2.05, 4.69) is 4.72 Å². The highest BCUT2D eigenvalue weighted by Crippen LogP contribution is 2.35. The fraction of sp³-hybridized carbons (Fsp3) is 0.409. The number of nitrogens with zero attached hydrogens (tertiary/aromatic N) is 1. The van der Waals surface area contributed by atoms with Gasteiger partial charge in [-0.15, -0.1) is 0 Å². The molecule has 4 rings (SSSR count). The van der Waals surface area contributed by atoms with Crippen molar-refractivity contribution in [2.45, 2.75) is 44.8 Å². The normalized spacial score (nSPS) is 17.0. The molecule has 1 saturated carbocycles. The van der Waals surface area contributed by atoms with E-state index < -0.39 is 10.0 Å². The van der Waals surface area contributed by atoms with Crippen LogP contribution in [0, 0.1) is 12.8 Å². The molecule has 2 aliphatic rings. The van der Waals surface area contributed by atoms with Crippen molar-refractivity contribution in [3.8, 4) is 0 Å². The van der Waals surface area contributed by atoms with Crippen LogP contribution < -0.4 is 9.62 Å². The molecule has 6 heteroatoms. The quantitative estimate of drug-likeness (QED) is 0.827. The summed E-state index contributed by atoms with van der Waals surface area (Å²) in [5.74, 6) is 0.236. The third-order valence-electron chi connectivity index (χ3n) is 5.66. The third kappa shape index (κ3) is 4.07. The van der Waals surface area contributed by atoms with Gasteiger partial charge in [0, 0.05) is 18.2 Å². The van der Waals surface area contributed by atoms with Crippen LogP contribution in [0.5, 0.6) is 0 Å². The van der Waals surface area contributed by atoms with Crippen LogP contribution >= 0.6 is 0 Å². The van der Waals surface area contributed by atoms with Gasteiger partial charge in [-0.3, -0.25) is 9.52 Å². The van der Waals surface area contributed by atoms with E-state index in [0.29, 0.717) is 12.2 Å². The highest BCUT2D eigenvalue weighted by Gasteiger charge is 2.32. The first-order valence-electron chi connectivity index (χ1n) is 9.92. The molecule has 2 aromatic carbocycles. The molecular formula is C22H26N2O3S. The summed E-state index contributed by atoms with van der Waals surface area (Å²) in [4.78, 5) is 14.7. The Morgan fingerprint density at radius 3 is 2.68 bits per heavy atom. The molecule has 0 unspecified atom stereocenters. The van der Waals surface area contributed by atoms with Crippen molar-refractivity contribution >= 4 is 27.3 Å². The van der Waals surface area contributed by atoms with Crippen LogP contribution in [0.2, 0.25) is 0 Å². The van der Waals surface area contributed by atoms with E-state index in [-0.39, 0.29) is 17.6 Å². The van der Waals surface area contributed by atoms with E-state index in [0.717, 1.165) is 54.5 Å². The van der Waals surface area contributed by atoms with Crippen molar-refractivity contribution in [3.63, 3.8) is 0 Å². The lowest BCUT2D eigenvalue weighted by Gasteiger charge is -2.22. The largest absolute Gasteiger partial charge is 0.312 e. The van der Waals surface area contributed by atoms with Crippen molar-refractivity contribution in [3.05, 3.63) is 59.2 Å². The minimum atomic E-state index is -3.53. The molecule has 28 heavy (non-hydrogen) atoms. The maximum absolute atomic E-state index is 12.9. The standard InChI is InChI=1S/C22H26N2O3S/c1-16-5-4-6-17(13-16)15-28(26,27)23-20-10-9-18-11-12-24(21(18)14-20)22(25)19-7-2-3-8-19/h4-6,9-10,13-14,19,23H,2-3,7-8,11-12,15H2,1H3. The Morgan fingerprint density at radius 2 is 1.93 bits per heavy atom. The first kappa shape index (κ1) is 19.0. The van der Waals surface area contributed by atoms with Gasteiger partial charge in [0.25, 0.3) is 0 Å². The number of carbonyl (C=O) groups excluding carboxylic acids is 1. The summed E-state index contributed by atoms with van der Waals surface area (Å²) in [5, 5.41) is 0. The first-order valence-corrected chi connectivity index (χ1v) is 11.6. The van der Waals surface area contributed by atoms with Crippen LogP contribution in [0.15, 0.2) is 42.5 Å². The molecule has 5 nitrogen and oxygen atoms in total. The number of rotatable bonds is 5. The molecule has 0 radical (unpaired) electrons. The Morgan fingerprint density at radius 1 is 1.14 bits per heavy atom. The second-order valence-corrected chi connectivity index (χ2v) is 9.64. The Hall–Kier alpha value is -2.34.